The second kappa shape index (κ2) is 5.41. The Hall–Kier alpha value is -0.860. The van der Waals surface area contributed by atoms with Crippen LogP contribution in [0.15, 0.2) is 24.3 Å². The summed E-state index contributed by atoms with van der Waals surface area (Å²) in [6, 6.07) is 9.62. The van der Waals surface area contributed by atoms with E-state index < -0.39 is 0 Å². The molecule has 2 heteroatoms. The normalized spacial score (nSPS) is 18.9. The highest BCUT2D eigenvalue weighted by Gasteiger charge is 2.49. The number of rotatable bonds is 6. The summed E-state index contributed by atoms with van der Waals surface area (Å²) >= 11 is 0. The number of benzene rings is 1. The fraction of sp³-hybridized carbons (Fsp3) is 0.625. The minimum absolute atomic E-state index is 0.329. The summed E-state index contributed by atoms with van der Waals surface area (Å²) in [5, 5.41) is 0. The molecule has 2 rings (SSSR count). The molecule has 1 aliphatic carbocycles. The lowest BCUT2D eigenvalue weighted by Crippen LogP contribution is -2.33. The molecule has 100 valence electrons. The van der Waals surface area contributed by atoms with E-state index in [0.717, 1.165) is 6.54 Å². The van der Waals surface area contributed by atoms with Crippen LogP contribution in [0.4, 0.5) is 0 Å². The first-order valence-electron chi connectivity index (χ1n) is 7.08. The standard InChI is InChI=1S/C16H26N2/c1-4-5-13-6-8-14(9-7-13)15(18(2)3)16(12-17)10-11-16/h6-9,15H,4-5,10-12,17H2,1-3H3. The van der Waals surface area contributed by atoms with Gasteiger partial charge in [-0.1, -0.05) is 37.6 Å². The first kappa shape index (κ1) is 13.6. The summed E-state index contributed by atoms with van der Waals surface area (Å²) in [4.78, 5) is 2.33. The Bertz CT molecular complexity index is 377. The Labute approximate surface area is 111 Å². The van der Waals surface area contributed by atoms with Crippen molar-refractivity contribution in [3.63, 3.8) is 0 Å². The van der Waals surface area contributed by atoms with Crippen LogP contribution in [-0.2, 0) is 6.42 Å². The minimum Gasteiger partial charge on any atom is -0.330 e. The van der Waals surface area contributed by atoms with Gasteiger partial charge in [-0.2, -0.15) is 0 Å². The van der Waals surface area contributed by atoms with Crippen molar-refractivity contribution in [3.8, 4) is 0 Å². The molecule has 0 aliphatic heterocycles. The van der Waals surface area contributed by atoms with Gasteiger partial charge in [0.2, 0.25) is 0 Å². The van der Waals surface area contributed by atoms with Crippen molar-refractivity contribution >= 4 is 0 Å². The number of hydrogen-bond donors (Lipinski definition) is 1. The van der Waals surface area contributed by atoms with Crippen LogP contribution < -0.4 is 5.73 Å². The zero-order chi connectivity index (χ0) is 13.2. The highest BCUT2D eigenvalue weighted by atomic mass is 15.1. The van der Waals surface area contributed by atoms with Crippen LogP contribution in [0.25, 0.3) is 0 Å². The van der Waals surface area contributed by atoms with Gasteiger partial charge in [0.25, 0.3) is 0 Å². The number of nitrogens with zero attached hydrogens (tertiary/aromatic N) is 1. The van der Waals surface area contributed by atoms with E-state index in [-0.39, 0.29) is 0 Å². The fourth-order valence-corrected chi connectivity index (χ4v) is 3.10. The van der Waals surface area contributed by atoms with Gasteiger partial charge >= 0.3 is 0 Å². The number of nitrogens with two attached hydrogens (primary N) is 1. The molecule has 1 atom stereocenters. The molecule has 0 spiro atoms. The topological polar surface area (TPSA) is 29.3 Å². The third-order valence-corrected chi connectivity index (χ3v) is 4.23. The Morgan fingerprint density at radius 1 is 1.22 bits per heavy atom. The predicted molar refractivity (Wildman–Crippen MR) is 77.6 cm³/mol. The molecule has 0 heterocycles. The maximum absolute atomic E-state index is 6.00. The molecule has 18 heavy (non-hydrogen) atoms. The molecule has 2 N–H and O–H groups in total. The van der Waals surface area contributed by atoms with Crippen molar-refractivity contribution in [2.75, 3.05) is 20.6 Å². The summed E-state index contributed by atoms with van der Waals surface area (Å²) in [6.45, 7) is 3.02. The van der Waals surface area contributed by atoms with Crippen LogP contribution in [0.2, 0.25) is 0 Å². The molecule has 1 aliphatic rings. The average Bonchev–Trinajstić information content (AvgIpc) is 3.13. The first-order valence-corrected chi connectivity index (χ1v) is 7.08. The van der Waals surface area contributed by atoms with Crippen LogP contribution in [0.1, 0.15) is 43.4 Å². The number of aryl methyl sites for hydroxylation is 1. The zero-order valence-electron chi connectivity index (χ0n) is 11.9. The molecule has 2 nitrogen and oxygen atoms in total. The summed E-state index contributed by atoms with van der Waals surface area (Å²) in [5.74, 6) is 0. The molecule has 1 unspecified atom stereocenters. The van der Waals surface area contributed by atoms with Gasteiger partial charge < -0.3 is 10.6 Å². The third kappa shape index (κ3) is 2.60. The molecule has 1 saturated carbocycles. The van der Waals surface area contributed by atoms with Crippen molar-refractivity contribution < 1.29 is 0 Å². The van der Waals surface area contributed by atoms with Gasteiger partial charge in [0.15, 0.2) is 0 Å². The molecule has 0 bridgehead atoms. The molecular weight excluding hydrogens is 220 g/mol. The Balaban J connectivity index is 2.21. The molecule has 1 aromatic rings. The second-order valence-electron chi connectivity index (χ2n) is 5.92. The van der Waals surface area contributed by atoms with Crippen molar-refractivity contribution in [3.05, 3.63) is 35.4 Å². The summed E-state index contributed by atoms with van der Waals surface area (Å²) in [6.07, 6.45) is 4.92. The summed E-state index contributed by atoms with van der Waals surface area (Å²) < 4.78 is 0. The van der Waals surface area contributed by atoms with E-state index in [1.165, 1.54) is 36.8 Å². The van der Waals surface area contributed by atoms with Gasteiger partial charge in [-0.05, 0) is 51.0 Å². The highest BCUT2D eigenvalue weighted by molar-refractivity contribution is 5.28. The molecular formula is C16H26N2. The highest BCUT2D eigenvalue weighted by Crippen LogP contribution is 2.55. The zero-order valence-corrected chi connectivity index (χ0v) is 11.9. The van der Waals surface area contributed by atoms with E-state index in [0.29, 0.717) is 11.5 Å². The van der Waals surface area contributed by atoms with E-state index in [4.69, 9.17) is 5.73 Å². The van der Waals surface area contributed by atoms with Crippen LogP contribution in [-0.4, -0.2) is 25.5 Å². The van der Waals surface area contributed by atoms with Crippen molar-refractivity contribution in [1.82, 2.24) is 4.90 Å². The Morgan fingerprint density at radius 2 is 1.83 bits per heavy atom. The van der Waals surface area contributed by atoms with E-state index in [2.05, 4.69) is 50.2 Å². The SMILES string of the molecule is CCCc1ccc(C(N(C)C)C2(CN)CC2)cc1. The monoisotopic (exact) mass is 246 g/mol. The fourth-order valence-electron chi connectivity index (χ4n) is 3.10. The Morgan fingerprint density at radius 3 is 2.22 bits per heavy atom. The minimum atomic E-state index is 0.329. The van der Waals surface area contributed by atoms with Crippen LogP contribution in [0.5, 0.6) is 0 Å². The van der Waals surface area contributed by atoms with Gasteiger partial charge in [0.1, 0.15) is 0 Å². The van der Waals surface area contributed by atoms with E-state index in [9.17, 15) is 0 Å². The van der Waals surface area contributed by atoms with Crippen LogP contribution in [0.3, 0.4) is 0 Å². The number of hydrogen-bond acceptors (Lipinski definition) is 2. The molecule has 1 fully saturated rings. The quantitative estimate of drug-likeness (QED) is 0.836. The van der Waals surface area contributed by atoms with Gasteiger partial charge in [-0.25, -0.2) is 0 Å². The molecule has 0 radical (unpaired) electrons. The molecule has 0 amide bonds. The van der Waals surface area contributed by atoms with Crippen molar-refractivity contribution in [2.45, 2.75) is 38.6 Å². The maximum atomic E-state index is 6.00. The van der Waals surface area contributed by atoms with E-state index in [1.54, 1.807) is 0 Å². The molecule has 0 saturated heterocycles. The van der Waals surface area contributed by atoms with E-state index >= 15 is 0 Å². The molecule has 0 aromatic heterocycles. The largest absolute Gasteiger partial charge is 0.330 e. The first-order chi connectivity index (χ1) is 8.63. The van der Waals surface area contributed by atoms with Crippen molar-refractivity contribution in [1.29, 1.82) is 0 Å². The third-order valence-electron chi connectivity index (χ3n) is 4.23. The van der Waals surface area contributed by atoms with Crippen molar-refractivity contribution in [2.24, 2.45) is 11.1 Å². The van der Waals surface area contributed by atoms with Gasteiger partial charge in [-0.15, -0.1) is 0 Å². The average molecular weight is 246 g/mol. The predicted octanol–water partition coefficient (Wildman–Crippen LogP) is 2.98. The lowest BCUT2D eigenvalue weighted by molar-refractivity contribution is 0.198. The summed E-state index contributed by atoms with van der Waals surface area (Å²) in [5.41, 5.74) is 9.19. The van der Waals surface area contributed by atoms with Crippen LogP contribution >= 0.6 is 0 Å². The van der Waals surface area contributed by atoms with Gasteiger partial charge in [0, 0.05) is 11.5 Å². The molecule has 1 aromatic carbocycles. The lowest BCUT2D eigenvalue weighted by atomic mass is 9.88. The van der Waals surface area contributed by atoms with Gasteiger partial charge in [-0.3, -0.25) is 0 Å². The smallest absolute Gasteiger partial charge is 0.0410 e. The lowest BCUT2D eigenvalue weighted by Gasteiger charge is -2.32. The van der Waals surface area contributed by atoms with Gasteiger partial charge in [0.05, 0.1) is 0 Å². The summed E-state index contributed by atoms with van der Waals surface area (Å²) in [7, 11) is 4.33. The Kier molecular flexibility index (Phi) is 4.08. The van der Waals surface area contributed by atoms with Crippen LogP contribution in [0, 0.1) is 5.41 Å². The second-order valence-corrected chi connectivity index (χ2v) is 5.92. The maximum Gasteiger partial charge on any atom is 0.0410 e. The van der Waals surface area contributed by atoms with E-state index in [1.807, 2.05) is 0 Å².